The fraction of sp³-hybridized carbons (Fsp3) is 0.167. The number of fused-ring (bicyclic) bond motifs is 16. The molecule has 0 radical (unpaired) electrons. The Labute approximate surface area is 248 Å². The van der Waals surface area contributed by atoms with Crippen LogP contribution in [-0.4, -0.2) is 0 Å². The van der Waals surface area contributed by atoms with Crippen molar-refractivity contribution in [3.8, 4) is 0 Å². The van der Waals surface area contributed by atoms with Crippen LogP contribution >= 0.6 is 31.9 Å². The maximum Gasteiger partial charge on any atom is 0.110 e. The minimum Gasteiger partial charge on any atom is -0.356 e. The first kappa shape index (κ1) is 21.7. The molecule has 4 aliphatic heterocycles. The first-order valence-electron chi connectivity index (χ1n) is 14.0. The van der Waals surface area contributed by atoms with Crippen LogP contribution in [-0.2, 0) is 9.47 Å². The first-order valence-corrected chi connectivity index (χ1v) is 15.6. The highest BCUT2D eigenvalue weighted by atomic mass is 79.9. The molecule has 4 heteroatoms. The third-order valence-corrected chi connectivity index (χ3v) is 12.2. The predicted octanol–water partition coefficient (Wildman–Crippen LogP) is 9.24. The van der Waals surface area contributed by atoms with Gasteiger partial charge in [-0.2, -0.15) is 0 Å². The summed E-state index contributed by atoms with van der Waals surface area (Å²) in [6, 6.07) is 32.2. The van der Waals surface area contributed by atoms with E-state index in [1.807, 2.05) is 0 Å². The van der Waals surface area contributed by atoms with E-state index in [4.69, 9.17) is 9.47 Å². The number of hydrogen-bond donors (Lipinski definition) is 0. The molecule has 5 aromatic rings. The smallest absolute Gasteiger partial charge is 0.110 e. The van der Waals surface area contributed by atoms with Crippen LogP contribution in [0.15, 0.2) is 93.9 Å². The molecule has 0 saturated carbocycles. The lowest BCUT2D eigenvalue weighted by molar-refractivity contribution is 0.0856. The molecule has 190 valence electrons. The molecule has 5 aromatic carbocycles. The van der Waals surface area contributed by atoms with Gasteiger partial charge in [-0.25, -0.2) is 0 Å². The summed E-state index contributed by atoms with van der Waals surface area (Å²) in [7, 11) is 0. The van der Waals surface area contributed by atoms with E-state index in [9.17, 15) is 0 Å². The highest BCUT2D eigenvalue weighted by Crippen LogP contribution is 2.63. The summed E-state index contributed by atoms with van der Waals surface area (Å²) in [5, 5.41) is 0. The Bertz CT molecular complexity index is 1790. The van der Waals surface area contributed by atoms with Crippen LogP contribution in [0.1, 0.15) is 114 Å². The van der Waals surface area contributed by atoms with Gasteiger partial charge in [0.25, 0.3) is 0 Å². The summed E-state index contributed by atoms with van der Waals surface area (Å²) in [6.07, 6.45) is 0.160. The fourth-order valence-electron chi connectivity index (χ4n) is 8.83. The zero-order valence-electron chi connectivity index (χ0n) is 21.1. The summed E-state index contributed by atoms with van der Waals surface area (Å²) < 4.78 is 15.5. The van der Waals surface area contributed by atoms with Gasteiger partial charge in [-0.15, -0.1) is 0 Å². The van der Waals surface area contributed by atoms with Crippen LogP contribution in [0.25, 0.3) is 0 Å². The van der Waals surface area contributed by atoms with Gasteiger partial charge >= 0.3 is 0 Å². The lowest BCUT2D eigenvalue weighted by Crippen LogP contribution is -2.29. The van der Waals surface area contributed by atoms with E-state index in [-0.39, 0.29) is 36.3 Å². The number of rotatable bonds is 0. The molecule has 0 saturated heterocycles. The van der Waals surface area contributed by atoms with E-state index in [2.05, 4.69) is 117 Å². The Morgan fingerprint density at radius 3 is 0.925 bits per heavy atom. The Balaban J connectivity index is 1.17. The second kappa shape index (κ2) is 7.06. The summed E-state index contributed by atoms with van der Waals surface area (Å²) in [6.45, 7) is 0. The van der Waals surface area contributed by atoms with Crippen LogP contribution in [0.4, 0.5) is 0 Å². The lowest BCUT2D eigenvalue weighted by Gasteiger charge is -2.43. The Morgan fingerprint density at radius 1 is 0.350 bits per heavy atom. The number of ether oxygens (including phenoxy) is 2. The quantitative estimate of drug-likeness (QED) is 0.164. The highest BCUT2D eigenvalue weighted by molar-refractivity contribution is 9.13. The molecule has 12 rings (SSSR count). The van der Waals surface area contributed by atoms with Crippen molar-refractivity contribution in [3.05, 3.63) is 172 Å². The lowest BCUT2D eigenvalue weighted by atomic mass is 9.59. The molecule has 0 amide bonds. The van der Waals surface area contributed by atoms with Crippen molar-refractivity contribution in [1.82, 2.24) is 0 Å². The Kier molecular flexibility index (Phi) is 3.83. The summed E-state index contributed by atoms with van der Waals surface area (Å²) in [4.78, 5) is 0. The Hall–Kier alpha value is -3.02. The molecule has 2 nitrogen and oxygen atoms in total. The fourth-order valence-corrected chi connectivity index (χ4v) is 9.56. The minimum absolute atomic E-state index is 0.0400. The van der Waals surface area contributed by atoms with Gasteiger partial charge < -0.3 is 9.47 Å². The molecular weight excluding hydrogens is 624 g/mol. The second-order valence-electron chi connectivity index (χ2n) is 12.0. The van der Waals surface area contributed by atoms with Crippen LogP contribution in [0, 0.1) is 0 Å². The number of hydrogen-bond acceptors (Lipinski definition) is 2. The molecule has 4 heterocycles. The molecule has 6 bridgehead atoms. The molecule has 40 heavy (non-hydrogen) atoms. The molecule has 7 aliphatic rings. The number of halogens is 2. The van der Waals surface area contributed by atoms with E-state index in [0.29, 0.717) is 0 Å². The van der Waals surface area contributed by atoms with Crippen molar-refractivity contribution in [2.75, 3.05) is 0 Å². The average Bonchev–Trinajstić information content (AvgIpc) is 3.74. The number of benzene rings is 5. The molecule has 3 aliphatic carbocycles. The van der Waals surface area contributed by atoms with Gasteiger partial charge in [0.1, 0.15) is 24.4 Å². The van der Waals surface area contributed by atoms with Crippen LogP contribution in [0.2, 0.25) is 0 Å². The summed E-state index contributed by atoms with van der Waals surface area (Å²) >= 11 is 7.66. The normalized spacial score (nSPS) is 27.6. The monoisotopic (exact) mass is 642 g/mol. The van der Waals surface area contributed by atoms with Gasteiger partial charge in [0, 0.05) is 20.8 Å². The van der Waals surface area contributed by atoms with E-state index < -0.39 is 0 Å². The maximum atomic E-state index is 6.62. The van der Waals surface area contributed by atoms with Gasteiger partial charge in [-0.3, -0.25) is 0 Å². The molecule has 0 spiro atoms. The van der Waals surface area contributed by atoms with E-state index in [0.717, 1.165) is 8.95 Å². The first-order chi connectivity index (χ1) is 19.7. The van der Waals surface area contributed by atoms with Crippen molar-refractivity contribution in [3.63, 3.8) is 0 Å². The van der Waals surface area contributed by atoms with E-state index >= 15 is 0 Å². The van der Waals surface area contributed by atoms with Gasteiger partial charge in [0.05, 0.1) is 0 Å². The SMILES string of the molecule is Brc1cc2c(cc1Br)C1c3cc4c(cc3C2c2cc3c(cc21)C1OC3c2ccccc21)C1OC4c2ccccc21. The zero-order valence-corrected chi connectivity index (χ0v) is 24.3. The van der Waals surface area contributed by atoms with Crippen molar-refractivity contribution in [2.24, 2.45) is 0 Å². The molecular formula is C36H20Br2O2. The second-order valence-corrected chi connectivity index (χ2v) is 13.7. The topological polar surface area (TPSA) is 18.5 Å². The van der Waals surface area contributed by atoms with Gasteiger partial charge in [-0.05, 0) is 122 Å². The summed E-state index contributed by atoms with van der Waals surface area (Å²) in [5.41, 5.74) is 19.3. The van der Waals surface area contributed by atoms with E-state index in [1.165, 1.54) is 77.9 Å². The van der Waals surface area contributed by atoms with Crippen LogP contribution in [0.5, 0.6) is 0 Å². The third kappa shape index (κ3) is 2.35. The molecule has 0 aromatic heterocycles. The molecule has 0 N–H and O–H groups in total. The maximum absolute atomic E-state index is 6.62. The van der Waals surface area contributed by atoms with Crippen LogP contribution in [0.3, 0.4) is 0 Å². The third-order valence-electron chi connectivity index (χ3n) is 10.4. The standard InChI is InChI=1S/C36H20Br2O2/c37-29-13-23-24(14-30(29)38)32-20-10-26-25(33-15-5-1-2-6-16(15)34(26)39-33)9-19(20)31(23)21-11-27-28(12-22(21)32)36-18-8-4-3-7-17(18)35(27)40-36/h1-14,31-36H. The van der Waals surface area contributed by atoms with Crippen molar-refractivity contribution >= 4 is 31.9 Å². The van der Waals surface area contributed by atoms with Gasteiger partial charge in [0.2, 0.25) is 0 Å². The predicted molar refractivity (Wildman–Crippen MR) is 159 cm³/mol. The van der Waals surface area contributed by atoms with Crippen molar-refractivity contribution in [2.45, 2.75) is 36.3 Å². The largest absolute Gasteiger partial charge is 0.356 e. The average molecular weight is 644 g/mol. The Morgan fingerprint density at radius 2 is 0.625 bits per heavy atom. The molecule has 0 fully saturated rings. The molecule has 4 atom stereocenters. The van der Waals surface area contributed by atoms with Crippen molar-refractivity contribution in [1.29, 1.82) is 0 Å². The van der Waals surface area contributed by atoms with E-state index in [1.54, 1.807) is 0 Å². The van der Waals surface area contributed by atoms with Gasteiger partial charge in [-0.1, -0.05) is 72.8 Å². The molecule has 4 unspecified atom stereocenters. The van der Waals surface area contributed by atoms with Gasteiger partial charge in [0.15, 0.2) is 0 Å². The van der Waals surface area contributed by atoms with Crippen LogP contribution < -0.4 is 0 Å². The van der Waals surface area contributed by atoms with Crippen molar-refractivity contribution < 1.29 is 9.47 Å². The summed E-state index contributed by atoms with van der Waals surface area (Å²) in [5.74, 6) is 0.377. The highest BCUT2D eigenvalue weighted by Gasteiger charge is 2.50. The zero-order chi connectivity index (χ0) is 26.0. The minimum atomic E-state index is 0.0400.